The van der Waals surface area contributed by atoms with Crippen molar-refractivity contribution in [3.8, 4) is 0 Å². The minimum absolute atomic E-state index is 0.0913. The van der Waals surface area contributed by atoms with E-state index < -0.39 is 53.1 Å². The molecule has 7 heteroatoms. The van der Waals surface area contributed by atoms with Gasteiger partial charge in [-0.3, -0.25) is 4.79 Å². The number of hydrogen-bond donors (Lipinski definition) is 0. The Morgan fingerprint density at radius 3 is 1.92 bits per heavy atom. The van der Waals surface area contributed by atoms with Gasteiger partial charge in [-0.2, -0.15) is 0 Å². The van der Waals surface area contributed by atoms with Crippen LogP contribution in [-0.2, 0) is 16.1 Å². The number of rotatable bonds is 4. The number of ether oxygens (including phenoxy) is 1. The van der Waals surface area contributed by atoms with Crippen molar-refractivity contribution in [1.82, 2.24) is 0 Å². The van der Waals surface area contributed by atoms with Crippen molar-refractivity contribution in [3.05, 3.63) is 46.3 Å². The van der Waals surface area contributed by atoms with Crippen LogP contribution in [-0.4, -0.2) is 5.97 Å². The number of carbonyl (C=O) groups excluding carboxylic acids is 1. The molecule has 0 amide bonds. The lowest BCUT2D eigenvalue weighted by Crippen LogP contribution is -2.14. The van der Waals surface area contributed by atoms with Crippen LogP contribution in [0.5, 0.6) is 0 Å². The number of carbonyl (C=O) groups is 1. The van der Waals surface area contributed by atoms with Gasteiger partial charge in [0.2, 0.25) is 5.82 Å². The number of halogens is 5. The summed E-state index contributed by atoms with van der Waals surface area (Å²) in [7, 11) is 0. The van der Waals surface area contributed by atoms with E-state index in [1.165, 1.54) is 0 Å². The highest BCUT2D eigenvalue weighted by molar-refractivity contribution is 5.78. The Morgan fingerprint density at radius 1 is 1.00 bits per heavy atom. The van der Waals surface area contributed by atoms with Crippen LogP contribution in [0.4, 0.5) is 22.0 Å². The normalized spacial score (nSPS) is 21.4. The van der Waals surface area contributed by atoms with Crippen LogP contribution < -0.4 is 0 Å². The van der Waals surface area contributed by atoms with E-state index in [1.54, 1.807) is 0 Å². The third-order valence-electron chi connectivity index (χ3n) is 4.34. The fourth-order valence-electron chi connectivity index (χ4n) is 2.81. The summed E-state index contributed by atoms with van der Waals surface area (Å²) in [6, 6.07) is 0. The van der Waals surface area contributed by atoms with Gasteiger partial charge in [0, 0.05) is 0 Å². The summed E-state index contributed by atoms with van der Waals surface area (Å²) < 4.78 is 71.1. The summed E-state index contributed by atoms with van der Waals surface area (Å²) in [5, 5.41) is 0. The lowest BCUT2D eigenvalue weighted by Gasteiger charge is -2.09. The topological polar surface area (TPSA) is 26.3 Å². The van der Waals surface area contributed by atoms with Crippen LogP contribution in [0.2, 0.25) is 0 Å². The molecule has 132 valence electrons. The maximum absolute atomic E-state index is 13.5. The van der Waals surface area contributed by atoms with Gasteiger partial charge in [0.15, 0.2) is 23.3 Å². The molecule has 1 fully saturated rings. The fourth-order valence-corrected chi connectivity index (χ4v) is 2.81. The molecule has 2 unspecified atom stereocenters. The molecule has 1 aliphatic rings. The molecule has 0 bridgehead atoms. The molecule has 1 aromatic carbocycles. The zero-order chi connectivity index (χ0) is 18.4. The SMILES string of the molecule is CC(C)=CC1C(C(=O)OCc2c(F)c(F)c(F)c(F)c2F)C1(C)C. The van der Waals surface area contributed by atoms with E-state index in [0.29, 0.717) is 0 Å². The van der Waals surface area contributed by atoms with Crippen molar-refractivity contribution in [2.45, 2.75) is 34.3 Å². The van der Waals surface area contributed by atoms with Gasteiger partial charge in [0.05, 0.1) is 11.5 Å². The average Bonchev–Trinajstić information content (AvgIpc) is 3.02. The lowest BCUT2D eigenvalue weighted by atomic mass is 10.1. The molecule has 1 aromatic rings. The summed E-state index contributed by atoms with van der Waals surface area (Å²) >= 11 is 0. The van der Waals surface area contributed by atoms with Gasteiger partial charge in [0.1, 0.15) is 6.61 Å². The van der Waals surface area contributed by atoms with E-state index in [2.05, 4.69) is 0 Å². The second kappa shape index (κ2) is 6.18. The third kappa shape index (κ3) is 3.03. The van der Waals surface area contributed by atoms with Crippen LogP contribution in [0.1, 0.15) is 33.3 Å². The predicted octanol–water partition coefficient (Wildman–Crippen LogP) is 4.66. The van der Waals surface area contributed by atoms with Gasteiger partial charge in [-0.05, 0) is 25.2 Å². The van der Waals surface area contributed by atoms with E-state index in [1.807, 2.05) is 33.8 Å². The Kier molecular flexibility index (Phi) is 4.74. The molecule has 0 spiro atoms. The van der Waals surface area contributed by atoms with Gasteiger partial charge in [-0.15, -0.1) is 0 Å². The van der Waals surface area contributed by atoms with Crippen LogP contribution >= 0.6 is 0 Å². The molecular formula is C17H17F5O2. The highest BCUT2D eigenvalue weighted by Gasteiger charge is 2.61. The molecule has 0 aliphatic heterocycles. The number of benzene rings is 1. The first-order valence-electron chi connectivity index (χ1n) is 7.32. The molecule has 2 nitrogen and oxygen atoms in total. The monoisotopic (exact) mass is 348 g/mol. The Bertz CT molecular complexity index is 691. The van der Waals surface area contributed by atoms with Crippen molar-refractivity contribution in [2.75, 3.05) is 0 Å². The second-order valence-electron chi connectivity index (χ2n) is 6.73. The predicted molar refractivity (Wildman–Crippen MR) is 76.2 cm³/mol. The van der Waals surface area contributed by atoms with Crippen LogP contribution in [0.25, 0.3) is 0 Å². The van der Waals surface area contributed by atoms with E-state index in [0.717, 1.165) is 5.57 Å². The summed E-state index contributed by atoms with van der Waals surface area (Å²) in [5.41, 5.74) is -0.537. The van der Waals surface area contributed by atoms with Crippen molar-refractivity contribution in [1.29, 1.82) is 0 Å². The molecule has 1 saturated carbocycles. The second-order valence-corrected chi connectivity index (χ2v) is 6.73. The summed E-state index contributed by atoms with van der Waals surface area (Å²) in [6.07, 6.45) is 1.89. The van der Waals surface area contributed by atoms with Gasteiger partial charge < -0.3 is 4.74 Å². The van der Waals surface area contributed by atoms with E-state index in [4.69, 9.17) is 4.74 Å². The van der Waals surface area contributed by atoms with Gasteiger partial charge in [-0.1, -0.05) is 25.5 Å². The fraction of sp³-hybridized carbons (Fsp3) is 0.471. The highest BCUT2D eigenvalue weighted by atomic mass is 19.2. The van der Waals surface area contributed by atoms with Crippen molar-refractivity contribution in [2.24, 2.45) is 17.3 Å². The van der Waals surface area contributed by atoms with Gasteiger partial charge >= 0.3 is 5.97 Å². The average molecular weight is 348 g/mol. The molecule has 1 aliphatic carbocycles. The van der Waals surface area contributed by atoms with E-state index in [9.17, 15) is 26.7 Å². The minimum Gasteiger partial charge on any atom is -0.460 e. The minimum atomic E-state index is -2.24. The number of hydrogen-bond acceptors (Lipinski definition) is 2. The van der Waals surface area contributed by atoms with Gasteiger partial charge in [-0.25, -0.2) is 22.0 Å². The maximum atomic E-state index is 13.5. The van der Waals surface area contributed by atoms with Crippen LogP contribution in [0, 0.1) is 46.3 Å². The Morgan fingerprint density at radius 2 is 1.46 bits per heavy atom. The van der Waals surface area contributed by atoms with Crippen molar-refractivity contribution >= 4 is 5.97 Å². The molecule has 24 heavy (non-hydrogen) atoms. The molecule has 0 aromatic heterocycles. The van der Waals surface area contributed by atoms with Gasteiger partial charge in [0.25, 0.3) is 0 Å². The van der Waals surface area contributed by atoms with Crippen LogP contribution in [0.15, 0.2) is 11.6 Å². The molecular weight excluding hydrogens is 331 g/mol. The highest BCUT2D eigenvalue weighted by Crippen LogP contribution is 2.59. The zero-order valence-electron chi connectivity index (χ0n) is 13.6. The summed E-state index contributed by atoms with van der Waals surface area (Å²) in [5.74, 6) is -11.7. The largest absolute Gasteiger partial charge is 0.460 e. The molecule has 0 heterocycles. The molecule has 2 rings (SSSR count). The quantitative estimate of drug-likeness (QED) is 0.260. The van der Waals surface area contributed by atoms with Crippen molar-refractivity contribution in [3.63, 3.8) is 0 Å². The molecule has 0 N–H and O–H groups in total. The standard InChI is InChI=1S/C17H17F5O2/c1-7(2)5-9-10(17(9,3)4)16(23)24-6-8-11(18)13(20)15(22)14(21)12(8)19/h5,9-10H,6H2,1-4H3. The Hall–Kier alpha value is -1.92. The summed E-state index contributed by atoms with van der Waals surface area (Å²) in [6.45, 7) is 6.39. The molecule has 2 atom stereocenters. The number of esters is 1. The Balaban J connectivity index is 2.16. The van der Waals surface area contributed by atoms with Crippen LogP contribution in [0.3, 0.4) is 0 Å². The first-order chi connectivity index (χ1) is 11.0. The third-order valence-corrected chi connectivity index (χ3v) is 4.34. The molecule has 0 saturated heterocycles. The lowest BCUT2D eigenvalue weighted by molar-refractivity contribution is -0.147. The zero-order valence-corrected chi connectivity index (χ0v) is 13.6. The number of allylic oxidation sites excluding steroid dienone is 2. The van der Waals surface area contributed by atoms with Crippen molar-refractivity contribution < 1.29 is 31.5 Å². The first-order valence-corrected chi connectivity index (χ1v) is 7.32. The Labute approximate surface area is 136 Å². The smallest absolute Gasteiger partial charge is 0.310 e. The maximum Gasteiger partial charge on any atom is 0.310 e. The molecule has 0 radical (unpaired) electrons. The summed E-state index contributed by atoms with van der Waals surface area (Å²) in [4.78, 5) is 12.1. The first kappa shape index (κ1) is 18.4. The van der Waals surface area contributed by atoms with E-state index in [-0.39, 0.29) is 11.3 Å². The van der Waals surface area contributed by atoms with E-state index >= 15 is 0 Å².